The molecule has 0 bridgehead atoms. The van der Waals surface area contributed by atoms with Crippen molar-refractivity contribution in [3.05, 3.63) is 53.6 Å². The lowest BCUT2D eigenvalue weighted by molar-refractivity contribution is -0.0644. The Hall–Kier alpha value is -1.95. The van der Waals surface area contributed by atoms with Crippen LogP contribution in [0, 0.1) is 0 Å². The molecule has 2 aromatic carbocycles. The van der Waals surface area contributed by atoms with Gasteiger partial charge in [-0.15, -0.1) is 12.4 Å². The number of anilines is 1. The van der Waals surface area contributed by atoms with Gasteiger partial charge in [0, 0.05) is 18.7 Å². The van der Waals surface area contributed by atoms with Gasteiger partial charge in [-0.25, -0.2) is 0 Å². The summed E-state index contributed by atoms with van der Waals surface area (Å²) in [7, 11) is 3.49. The first-order valence-electron chi connectivity index (χ1n) is 9.00. The van der Waals surface area contributed by atoms with E-state index in [1.54, 1.807) is 7.11 Å². The van der Waals surface area contributed by atoms with Crippen LogP contribution >= 0.6 is 12.4 Å². The van der Waals surface area contributed by atoms with Crippen molar-refractivity contribution in [3.8, 4) is 11.5 Å². The summed E-state index contributed by atoms with van der Waals surface area (Å²) in [6.45, 7) is 4.59. The van der Waals surface area contributed by atoms with Gasteiger partial charge in [-0.1, -0.05) is 30.3 Å². The van der Waals surface area contributed by atoms with Gasteiger partial charge in [-0.2, -0.15) is 0 Å². The molecule has 0 aliphatic carbocycles. The number of fused-ring (bicyclic) bond motifs is 1. The van der Waals surface area contributed by atoms with Crippen LogP contribution < -0.4 is 20.1 Å². The van der Waals surface area contributed by atoms with Gasteiger partial charge in [0.05, 0.1) is 18.8 Å². The summed E-state index contributed by atoms with van der Waals surface area (Å²) in [4.78, 5) is 0. The highest BCUT2D eigenvalue weighted by molar-refractivity contribution is 5.85. The fourth-order valence-corrected chi connectivity index (χ4v) is 3.42. The smallest absolute Gasteiger partial charge is 0.142 e. The van der Waals surface area contributed by atoms with E-state index in [9.17, 15) is 5.11 Å². The molecule has 5 nitrogen and oxygen atoms in total. The number of aliphatic hydroxyl groups is 1. The first kappa shape index (κ1) is 21.4. The molecule has 1 aliphatic heterocycles. The summed E-state index contributed by atoms with van der Waals surface area (Å²) in [6.07, 6.45) is 0.225. The molecule has 2 aromatic rings. The third-order valence-corrected chi connectivity index (χ3v) is 4.96. The molecule has 3 rings (SSSR count). The highest BCUT2D eigenvalue weighted by atomic mass is 35.5. The minimum absolute atomic E-state index is 0. The van der Waals surface area contributed by atoms with Crippen molar-refractivity contribution < 1.29 is 14.6 Å². The van der Waals surface area contributed by atoms with Crippen LogP contribution in [0.5, 0.6) is 11.5 Å². The van der Waals surface area contributed by atoms with E-state index in [1.165, 1.54) is 5.56 Å². The second-order valence-corrected chi connectivity index (χ2v) is 7.16. The largest absolute Gasteiger partial charge is 0.495 e. The number of hydrogen-bond acceptors (Lipinski definition) is 5. The molecule has 0 saturated heterocycles. The predicted octanol–water partition coefficient (Wildman–Crippen LogP) is 3.56. The summed E-state index contributed by atoms with van der Waals surface area (Å²) < 4.78 is 11.6. The zero-order chi connectivity index (χ0) is 18.7. The number of ether oxygens (including phenoxy) is 2. The van der Waals surface area contributed by atoms with Crippen molar-refractivity contribution >= 4 is 18.1 Å². The molecular formula is C21H29ClN2O3. The molecule has 0 unspecified atom stereocenters. The zero-order valence-corrected chi connectivity index (χ0v) is 17.1. The molecule has 0 aromatic heterocycles. The molecular weight excluding hydrogens is 364 g/mol. The standard InChI is InChI=1S/C21H28N2O3.ClH/c1-21(2)20(24)19(23-11-10-14-8-6-5-7-9-14)15-12-18(25-4)16(22-3)13-17(15)26-21;/h5-9,12-13,19-20,22-24H,10-11H2,1-4H3;1H/t19-,20+;/m0./s1. The minimum Gasteiger partial charge on any atom is -0.495 e. The minimum atomic E-state index is -0.684. The summed E-state index contributed by atoms with van der Waals surface area (Å²) in [6, 6.07) is 14.0. The van der Waals surface area contributed by atoms with Crippen molar-refractivity contribution in [2.75, 3.05) is 26.0 Å². The molecule has 0 spiro atoms. The number of aliphatic hydroxyl groups excluding tert-OH is 1. The van der Waals surface area contributed by atoms with Crippen molar-refractivity contribution in [2.45, 2.75) is 38.0 Å². The summed E-state index contributed by atoms with van der Waals surface area (Å²) in [5, 5.41) is 17.5. The third-order valence-electron chi connectivity index (χ3n) is 4.96. The molecule has 1 heterocycles. The van der Waals surface area contributed by atoms with E-state index in [0.29, 0.717) is 0 Å². The van der Waals surface area contributed by atoms with Crippen LogP contribution in [0.2, 0.25) is 0 Å². The molecule has 0 amide bonds. The Balaban J connectivity index is 0.00000261. The monoisotopic (exact) mass is 392 g/mol. The lowest BCUT2D eigenvalue weighted by atomic mass is 9.86. The van der Waals surface area contributed by atoms with Gasteiger partial charge in [-0.3, -0.25) is 0 Å². The number of nitrogens with one attached hydrogen (secondary N) is 2. The number of halogens is 1. The summed E-state index contributed by atoms with van der Waals surface area (Å²) >= 11 is 0. The Morgan fingerprint density at radius 2 is 1.89 bits per heavy atom. The maximum absolute atomic E-state index is 10.9. The van der Waals surface area contributed by atoms with E-state index in [4.69, 9.17) is 9.47 Å². The number of benzene rings is 2. The van der Waals surface area contributed by atoms with Gasteiger partial charge >= 0.3 is 0 Å². The molecule has 3 N–H and O–H groups in total. The highest BCUT2D eigenvalue weighted by Gasteiger charge is 2.43. The normalized spacial score (nSPS) is 20.0. The molecule has 6 heteroatoms. The van der Waals surface area contributed by atoms with Crippen LogP contribution in [-0.4, -0.2) is 37.5 Å². The topological polar surface area (TPSA) is 62.8 Å². The number of hydrogen-bond donors (Lipinski definition) is 3. The Bertz CT molecular complexity index is 753. The Morgan fingerprint density at radius 1 is 1.19 bits per heavy atom. The summed E-state index contributed by atoms with van der Waals surface area (Å²) in [5.41, 5.74) is 2.36. The van der Waals surface area contributed by atoms with Gasteiger partial charge in [0.1, 0.15) is 23.2 Å². The lowest BCUT2D eigenvalue weighted by Crippen LogP contribution is -2.52. The van der Waals surface area contributed by atoms with E-state index >= 15 is 0 Å². The molecule has 27 heavy (non-hydrogen) atoms. The molecule has 2 atom stereocenters. The maximum Gasteiger partial charge on any atom is 0.142 e. The Kier molecular flexibility index (Phi) is 6.98. The van der Waals surface area contributed by atoms with Crippen molar-refractivity contribution in [2.24, 2.45) is 0 Å². The molecule has 148 valence electrons. The first-order chi connectivity index (χ1) is 12.5. The average molecular weight is 393 g/mol. The maximum atomic E-state index is 10.9. The van der Waals surface area contributed by atoms with Gasteiger partial charge in [0.15, 0.2) is 0 Å². The predicted molar refractivity (Wildman–Crippen MR) is 111 cm³/mol. The fourth-order valence-electron chi connectivity index (χ4n) is 3.42. The van der Waals surface area contributed by atoms with Crippen LogP contribution in [0.25, 0.3) is 0 Å². The van der Waals surface area contributed by atoms with E-state index < -0.39 is 11.7 Å². The lowest BCUT2D eigenvalue weighted by Gasteiger charge is -2.42. The number of methoxy groups -OCH3 is 1. The van der Waals surface area contributed by atoms with Gasteiger partial charge in [-0.05, 0) is 38.4 Å². The third kappa shape index (κ3) is 4.49. The zero-order valence-electron chi connectivity index (χ0n) is 16.3. The molecule has 1 aliphatic rings. The highest BCUT2D eigenvalue weighted by Crippen LogP contribution is 2.44. The van der Waals surface area contributed by atoms with E-state index in [1.807, 2.05) is 51.2 Å². The van der Waals surface area contributed by atoms with Crippen LogP contribution in [0.3, 0.4) is 0 Å². The quantitative estimate of drug-likeness (QED) is 0.701. The van der Waals surface area contributed by atoms with Crippen LogP contribution in [0.15, 0.2) is 42.5 Å². The fraction of sp³-hybridized carbons (Fsp3) is 0.429. The number of rotatable bonds is 6. The van der Waals surface area contributed by atoms with Crippen molar-refractivity contribution in [1.29, 1.82) is 0 Å². The molecule has 0 radical (unpaired) electrons. The Morgan fingerprint density at radius 3 is 2.52 bits per heavy atom. The van der Waals surface area contributed by atoms with Crippen LogP contribution in [0.1, 0.15) is 31.0 Å². The van der Waals surface area contributed by atoms with E-state index in [2.05, 4.69) is 22.8 Å². The molecule has 0 fully saturated rings. The van der Waals surface area contributed by atoms with Gasteiger partial charge in [0.2, 0.25) is 0 Å². The van der Waals surface area contributed by atoms with Crippen molar-refractivity contribution in [1.82, 2.24) is 5.32 Å². The molecule has 0 saturated carbocycles. The van der Waals surface area contributed by atoms with Crippen molar-refractivity contribution in [3.63, 3.8) is 0 Å². The second kappa shape index (κ2) is 8.83. The van der Waals surface area contributed by atoms with Crippen LogP contribution in [-0.2, 0) is 6.42 Å². The van der Waals surface area contributed by atoms with E-state index in [-0.39, 0.29) is 18.4 Å². The van der Waals surface area contributed by atoms with Gasteiger partial charge in [0.25, 0.3) is 0 Å². The van der Waals surface area contributed by atoms with E-state index in [0.717, 1.165) is 35.7 Å². The second-order valence-electron chi connectivity index (χ2n) is 7.16. The average Bonchev–Trinajstić information content (AvgIpc) is 2.64. The first-order valence-corrected chi connectivity index (χ1v) is 9.00. The van der Waals surface area contributed by atoms with Crippen LogP contribution in [0.4, 0.5) is 5.69 Å². The summed E-state index contributed by atoms with van der Waals surface area (Å²) in [5.74, 6) is 1.50. The SMILES string of the molecule is CNc1cc2c(cc1OC)[C@H](NCCc1ccccc1)[C@@H](O)C(C)(C)O2.Cl. The Labute approximate surface area is 167 Å². The van der Waals surface area contributed by atoms with Gasteiger partial charge < -0.3 is 25.2 Å².